The normalized spacial score (nSPS) is 47.3. The third-order valence-corrected chi connectivity index (χ3v) is 9.51. The zero-order chi connectivity index (χ0) is 22.1. The Morgan fingerprint density at radius 2 is 2.07 bits per heavy atom. The number of carbonyl (C=O) groups is 2. The van der Waals surface area contributed by atoms with E-state index in [1.54, 1.807) is 6.08 Å². The predicted molar refractivity (Wildman–Crippen MR) is 108 cm³/mol. The number of alkyl halides is 1. The van der Waals surface area contributed by atoms with Crippen LogP contribution in [-0.4, -0.2) is 50.1 Å². The summed E-state index contributed by atoms with van der Waals surface area (Å²) < 4.78 is 0. The quantitative estimate of drug-likeness (QED) is 0.270. The Morgan fingerprint density at radius 1 is 1.37 bits per heavy atom. The third kappa shape index (κ3) is 2.43. The minimum atomic E-state index is -1.64. The lowest BCUT2D eigenvalue weighted by atomic mass is 9.46. The molecule has 9 heteroatoms. The van der Waals surface area contributed by atoms with Gasteiger partial charge >= 0.3 is 0 Å². The van der Waals surface area contributed by atoms with Crippen LogP contribution in [0.5, 0.6) is 0 Å². The molecule has 2 fully saturated rings. The topological polar surface area (TPSA) is 144 Å². The summed E-state index contributed by atoms with van der Waals surface area (Å²) in [6.45, 7) is 3.02. The Hall–Kier alpha value is -1.70. The highest BCUT2D eigenvalue weighted by Gasteiger charge is 2.70. The van der Waals surface area contributed by atoms with Crippen LogP contribution in [0.3, 0.4) is 0 Å². The summed E-state index contributed by atoms with van der Waals surface area (Å²) in [6.07, 6.45) is 3.67. The van der Waals surface area contributed by atoms with Crippen molar-refractivity contribution >= 4 is 23.2 Å². The second-order valence-electron chi connectivity index (χ2n) is 9.65. The van der Waals surface area contributed by atoms with Gasteiger partial charge in [0.15, 0.2) is 11.6 Å². The van der Waals surface area contributed by atoms with Gasteiger partial charge in [-0.15, -0.1) is 11.6 Å². The standard InChI is InChI=1S/C21H26ClN3O5/c1-18-5-6-20(22)12(11(18)3-4-21(18,30)17(29)10-26)7-14(24-25-23)13-8-15(27)16(28)9-19(13,20)2/h7-8,11-12,16,26,28,30H,3-6,9-10H2,1-2H3/t11-,12-,16?,18-,19-,20+,21-/m0/s1. The molecule has 7 atom stereocenters. The van der Waals surface area contributed by atoms with Gasteiger partial charge < -0.3 is 15.3 Å². The van der Waals surface area contributed by atoms with Crippen molar-refractivity contribution in [1.82, 2.24) is 0 Å². The smallest absolute Gasteiger partial charge is 0.190 e. The van der Waals surface area contributed by atoms with Crippen molar-refractivity contribution in [3.05, 3.63) is 33.9 Å². The van der Waals surface area contributed by atoms with Crippen molar-refractivity contribution in [1.29, 1.82) is 0 Å². The number of aliphatic hydroxyl groups excluding tert-OH is 2. The average molecular weight is 436 g/mol. The van der Waals surface area contributed by atoms with E-state index in [1.165, 1.54) is 6.08 Å². The van der Waals surface area contributed by atoms with Crippen LogP contribution >= 0.6 is 11.6 Å². The number of hydrogen-bond donors (Lipinski definition) is 3. The van der Waals surface area contributed by atoms with Gasteiger partial charge in [0.2, 0.25) is 0 Å². The fourth-order valence-corrected chi connectivity index (χ4v) is 7.28. The van der Waals surface area contributed by atoms with Gasteiger partial charge in [-0.3, -0.25) is 9.59 Å². The molecule has 4 rings (SSSR count). The molecule has 0 heterocycles. The van der Waals surface area contributed by atoms with Gasteiger partial charge in [0, 0.05) is 27.4 Å². The summed E-state index contributed by atoms with van der Waals surface area (Å²) >= 11 is 7.35. The van der Waals surface area contributed by atoms with E-state index in [-0.39, 0.29) is 24.7 Å². The van der Waals surface area contributed by atoms with Crippen molar-refractivity contribution in [2.75, 3.05) is 6.61 Å². The summed E-state index contributed by atoms with van der Waals surface area (Å²) in [5.41, 5.74) is 6.69. The zero-order valence-corrected chi connectivity index (χ0v) is 17.8. The summed E-state index contributed by atoms with van der Waals surface area (Å²) in [5.74, 6) is -1.57. The summed E-state index contributed by atoms with van der Waals surface area (Å²) in [7, 11) is 0. The molecule has 0 aromatic heterocycles. The first-order chi connectivity index (χ1) is 14.0. The minimum absolute atomic E-state index is 0.110. The van der Waals surface area contributed by atoms with Crippen LogP contribution in [0.4, 0.5) is 0 Å². The first kappa shape index (κ1) is 21.5. The van der Waals surface area contributed by atoms with Gasteiger partial charge in [0.25, 0.3) is 0 Å². The molecule has 0 spiro atoms. The molecule has 1 unspecified atom stereocenters. The van der Waals surface area contributed by atoms with E-state index in [0.29, 0.717) is 30.5 Å². The molecular formula is C21H26ClN3O5. The van der Waals surface area contributed by atoms with Gasteiger partial charge in [0.05, 0.1) is 4.87 Å². The lowest BCUT2D eigenvalue weighted by Gasteiger charge is -2.62. The Balaban J connectivity index is 1.90. The Morgan fingerprint density at radius 3 is 2.70 bits per heavy atom. The van der Waals surface area contributed by atoms with E-state index in [0.717, 1.165) is 0 Å². The summed E-state index contributed by atoms with van der Waals surface area (Å²) in [4.78, 5) is 26.7. The first-order valence-corrected chi connectivity index (χ1v) is 10.6. The Bertz CT molecular complexity index is 943. The monoisotopic (exact) mass is 435 g/mol. The number of halogens is 1. The largest absolute Gasteiger partial charge is 0.388 e. The molecule has 0 amide bonds. The van der Waals surface area contributed by atoms with Gasteiger partial charge in [-0.1, -0.05) is 25.0 Å². The number of azide groups is 1. The van der Waals surface area contributed by atoms with E-state index in [9.17, 15) is 24.9 Å². The zero-order valence-electron chi connectivity index (χ0n) is 17.0. The number of ketones is 2. The van der Waals surface area contributed by atoms with Crippen molar-refractivity contribution < 1.29 is 24.9 Å². The fraction of sp³-hybridized carbons (Fsp3) is 0.714. The molecule has 0 saturated heterocycles. The van der Waals surface area contributed by atoms with Crippen molar-refractivity contribution in [2.24, 2.45) is 27.8 Å². The maximum absolute atomic E-state index is 12.5. The van der Waals surface area contributed by atoms with Gasteiger partial charge in [-0.05, 0) is 55.2 Å². The van der Waals surface area contributed by atoms with E-state index in [4.69, 9.17) is 17.1 Å². The van der Waals surface area contributed by atoms with Crippen LogP contribution in [-0.2, 0) is 9.59 Å². The number of Topliss-reactive ketones (excluding diaryl/α,β-unsaturated/α-hetero) is 1. The molecule has 2 saturated carbocycles. The molecule has 0 radical (unpaired) electrons. The van der Waals surface area contributed by atoms with Crippen molar-refractivity contribution in [3.8, 4) is 0 Å². The second kappa shape index (κ2) is 6.65. The maximum Gasteiger partial charge on any atom is 0.190 e. The van der Waals surface area contributed by atoms with Gasteiger partial charge in [-0.2, -0.15) is 0 Å². The molecule has 162 valence electrons. The average Bonchev–Trinajstić information content (AvgIpc) is 2.97. The highest BCUT2D eigenvalue weighted by molar-refractivity contribution is 6.25. The van der Waals surface area contributed by atoms with E-state index >= 15 is 0 Å². The fourth-order valence-electron chi connectivity index (χ4n) is 6.79. The molecular weight excluding hydrogens is 410 g/mol. The number of rotatable bonds is 3. The summed E-state index contributed by atoms with van der Waals surface area (Å²) in [6, 6.07) is 0. The van der Waals surface area contributed by atoms with Crippen LogP contribution in [0, 0.1) is 22.7 Å². The number of hydrogen-bond acceptors (Lipinski definition) is 6. The number of allylic oxidation sites excluding steroid dienone is 2. The van der Waals surface area contributed by atoms with Gasteiger partial charge in [0.1, 0.15) is 18.3 Å². The molecule has 3 N–H and O–H groups in total. The molecule has 0 bridgehead atoms. The Kier molecular flexibility index (Phi) is 4.77. The minimum Gasteiger partial charge on any atom is -0.388 e. The van der Waals surface area contributed by atoms with Gasteiger partial charge in [-0.25, -0.2) is 0 Å². The van der Waals surface area contributed by atoms with Crippen LogP contribution in [0.2, 0.25) is 0 Å². The third-order valence-electron chi connectivity index (χ3n) is 8.65. The highest BCUT2D eigenvalue weighted by Crippen LogP contribution is 2.70. The molecule has 30 heavy (non-hydrogen) atoms. The lowest BCUT2D eigenvalue weighted by molar-refractivity contribution is -0.160. The van der Waals surface area contributed by atoms with Crippen LogP contribution in [0.15, 0.2) is 28.5 Å². The molecule has 0 aromatic rings. The first-order valence-electron chi connectivity index (χ1n) is 10.3. The second-order valence-corrected chi connectivity index (χ2v) is 10.3. The van der Waals surface area contributed by atoms with Crippen LogP contribution in [0.1, 0.15) is 46.0 Å². The maximum atomic E-state index is 12.5. The predicted octanol–water partition coefficient (Wildman–Crippen LogP) is 2.56. The molecule has 4 aliphatic rings. The number of aliphatic hydroxyl groups is 3. The molecule has 0 aromatic carbocycles. The summed E-state index contributed by atoms with van der Waals surface area (Å²) in [5, 5.41) is 34.9. The van der Waals surface area contributed by atoms with Crippen LogP contribution in [0.25, 0.3) is 10.4 Å². The molecule has 0 aliphatic heterocycles. The molecule has 4 aliphatic carbocycles. The number of nitrogens with zero attached hydrogens (tertiary/aromatic N) is 3. The Labute approximate surface area is 179 Å². The number of fused-ring (bicyclic) bond motifs is 5. The molecule has 8 nitrogen and oxygen atoms in total. The van der Waals surface area contributed by atoms with E-state index in [1.807, 2.05) is 13.8 Å². The van der Waals surface area contributed by atoms with Crippen molar-refractivity contribution in [3.63, 3.8) is 0 Å². The van der Waals surface area contributed by atoms with E-state index < -0.39 is 45.6 Å². The lowest BCUT2D eigenvalue weighted by Crippen LogP contribution is -2.63. The van der Waals surface area contributed by atoms with E-state index in [2.05, 4.69) is 10.0 Å². The highest BCUT2D eigenvalue weighted by atomic mass is 35.5. The van der Waals surface area contributed by atoms with Crippen LogP contribution < -0.4 is 0 Å². The SMILES string of the molecule is C[C@]12CC(O)C(=O)C=C1C(N=[N+]=[N-])=C[C@H]1[C@@H]3CC[C@](O)(C(=O)CO)[C@@]3(C)CC[C@@]12Cl. The number of carbonyl (C=O) groups excluding carboxylic acids is 2. The van der Waals surface area contributed by atoms with Crippen molar-refractivity contribution in [2.45, 2.75) is 62.5 Å².